The lowest BCUT2D eigenvalue weighted by atomic mass is 10.0. The van der Waals surface area contributed by atoms with Crippen molar-refractivity contribution in [2.45, 2.75) is 32.7 Å². The summed E-state index contributed by atoms with van der Waals surface area (Å²) in [6.07, 6.45) is 2.86. The standard InChI is InChI=1S/C14H19BrN4O3/c1-8(2)12(19-5-3-4-11(19)20)14(22)18-17-13(21)10-6-9(15)7-16-10/h6-8,12,16H,3-5H2,1-2H3,(H,17,21)(H,18,22)/t12-/m0/s1. The number of nitrogens with zero attached hydrogens (tertiary/aromatic N) is 1. The van der Waals surface area contributed by atoms with Crippen LogP contribution in [0, 0.1) is 5.92 Å². The van der Waals surface area contributed by atoms with E-state index < -0.39 is 11.9 Å². The third-order valence-electron chi connectivity index (χ3n) is 3.54. The Hall–Kier alpha value is -1.83. The Morgan fingerprint density at radius 3 is 2.59 bits per heavy atom. The van der Waals surface area contributed by atoms with Gasteiger partial charge in [-0.2, -0.15) is 0 Å². The number of hydrazine groups is 1. The maximum atomic E-state index is 12.3. The Kier molecular flexibility index (Phi) is 5.23. The lowest BCUT2D eigenvalue weighted by molar-refractivity contribution is -0.139. The molecule has 1 aliphatic rings. The molecule has 3 N–H and O–H groups in total. The molecule has 0 aliphatic carbocycles. The minimum absolute atomic E-state index is 0.0199. The summed E-state index contributed by atoms with van der Waals surface area (Å²) in [4.78, 5) is 40.4. The highest BCUT2D eigenvalue weighted by atomic mass is 79.9. The topological polar surface area (TPSA) is 94.3 Å². The van der Waals surface area contributed by atoms with Gasteiger partial charge in [-0.05, 0) is 34.3 Å². The molecule has 7 nitrogen and oxygen atoms in total. The van der Waals surface area contributed by atoms with Crippen LogP contribution in [0.4, 0.5) is 0 Å². The summed E-state index contributed by atoms with van der Waals surface area (Å²) in [6.45, 7) is 4.33. The van der Waals surface area contributed by atoms with Gasteiger partial charge in [0.25, 0.3) is 11.8 Å². The van der Waals surface area contributed by atoms with Crippen molar-refractivity contribution in [1.82, 2.24) is 20.7 Å². The monoisotopic (exact) mass is 370 g/mol. The van der Waals surface area contributed by atoms with Crippen LogP contribution in [0.1, 0.15) is 37.2 Å². The van der Waals surface area contributed by atoms with Gasteiger partial charge >= 0.3 is 0 Å². The molecule has 0 bridgehead atoms. The van der Waals surface area contributed by atoms with Crippen molar-refractivity contribution in [2.24, 2.45) is 5.92 Å². The maximum absolute atomic E-state index is 12.3. The molecule has 2 heterocycles. The fourth-order valence-electron chi connectivity index (χ4n) is 2.53. The third-order valence-corrected chi connectivity index (χ3v) is 4.00. The van der Waals surface area contributed by atoms with E-state index in [9.17, 15) is 14.4 Å². The predicted octanol–water partition coefficient (Wildman–Crippen LogP) is 1.19. The highest BCUT2D eigenvalue weighted by Crippen LogP contribution is 2.19. The average Bonchev–Trinajstić information content (AvgIpc) is 3.06. The predicted molar refractivity (Wildman–Crippen MR) is 83.7 cm³/mol. The van der Waals surface area contributed by atoms with Gasteiger partial charge in [-0.1, -0.05) is 13.8 Å². The number of aromatic amines is 1. The second-order valence-electron chi connectivity index (χ2n) is 5.55. The van der Waals surface area contributed by atoms with Crippen molar-refractivity contribution in [3.8, 4) is 0 Å². The number of aromatic nitrogens is 1. The molecule has 0 spiro atoms. The lowest BCUT2D eigenvalue weighted by Crippen LogP contribution is -2.54. The van der Waals surface area contributed by atoms with E-state index in [0.29, 0.717) is 18.7 Å². The molecule has 0 radical (unpaired) electrons. The highest BCUT2D eigenvalue weighted by molar-refractivity contribution is 9.10. The van der Waals surface area contributed by atoms with Gasteiger partial charge in [0.05, 0.1) is 0 Å². The van der Waals surface area contributed by atoms with Gasteiger partial charge in [0.2, 0.25) is 5.91 Å². The molecule has 1 fully saturated rings. The van der Waals surface area contributed by atoms with E-state index in [1.165, 1.54) is 0 Å². The van der Waals surface area contributed by atoms with Crippen molar-refractivity contribution in [3.63, 3.8) is 0 Å². The van der Waals surface area contributed by atoms with Gasteiger partial charge < -0.3 is 9.88 Å². The van der Waals surface area contributed by atoms with Crippen molar-refractivity contribution >= 4 is 33.7 Å². The van der Waals surface area contributed by atoms with Crippen LogP contribution >= 0.6 is 15.9 Å². The lowest BCUT2D eigenvalue weighted by Gasteiger charge is -2.29. The minimum Gasteiger partial charge on any atom is -0.356 e. The number of hydrogen-bond acceptors (Lipinski definition) is 3. The second-order valence-corrected chi connectivity index (χ2v) is 6.47. The molecule has 1 aromatic heterocycles. The molecule has 1 saturated heterocycles. The molecule has 3 amide bonds. The number of H-pyrrole nitrogens is 1. The molecular formula is C14H19BrN4O3. The average molecular weight is 371 g/mol. The van der Waals surface area contributed by atoms with Crippen LogP contribution in [0.3, 0.4) is 0 Å². The molecule has 0 unspecified atom stereocenters. The fraction of sp³-hybridized carbons (Fsp3) is 0.500. The molecule has 1 atom stereocenters. The van der Waals surface area contributed by atoms with Crippen molar-refractivity contribution in [2.75, 3.05) is 6.54 Å². The van der Waals surface area contributed by atoms with E-state index in [-0.39, 0.29) is 17.7 Å². The van der Waals surface area contributed by atoms with Gasteiger partial charge in [-0.15, -0.1) is 0 Å². The quantitative estimate of drug-likeness (QED) is 0.694. The van der Waals surface area contributed by atoms with Gasteiger partial charge in [-0.3, -0.25) is 25.2 Å². The minimum atomic E-state index is -0.578. The molecule has 22 heavy (non-hydrogen) atoms. The first-order chi connectivity index (χ1) is 10.4. The van der Waals surface area contributed by atoms with E-state index in [1.54, 1.807) is 17.2 Å². The molecule has 0 saturated carbocycles. The first kappa shape index (κ1) is 16.5. The Balaban J connectivity index is 1.97. The molecule has 120 valence electrons. The van der Waals surface area contributed by atoms with Crippen molar-refractivity contribution in [1.29, 1.82) is 0 Å². The van der Waals surface area contributed by atoms with Crippen LogP contribution in [-0.4, -0.2) is 40.2 Å². The third kappa shape index (κ3) is 3.68. The summed E-state index contributed by atoms with van der Waals surface area (Å²) in [5, 5.41) is 0. The van der Waals surface area contributed by atoms with E-state index >= 15 is 0 Å². The van der Waals surface area contributed by atoms with Crippen LogP contribution in [0.15, 0.2) is 16.7 Å². The molecule has 1 aliphatic heterocycles. The Morgan fingerprint density at radius 1 is 1.36 bits per heavy atom. The second kappa shape index (κ2) is 6.95. The maximum Gasteiger partial charge on any atom is 0.286 e. The zero-order valence-corrected chi connectivity index (χ0v) is 14.1. The largest absolute Gasteiger partial charge is 0.356 e. The van der Waals surface area contributed by atoms with E-state index in [1.807, 2.05) is 13.8 Å². The molecule has 1 aromatic rings. The zero-order chi connectivity index (χ0) is 16.3. The van der Waals surface area contributed by atoms with E-state index in [4.69, 9.17) is 0 Å². The first-order valence-electron chi connectivity index (χ1n) is 7.13. The summed E-state index contributed by atoms with van der Waals surface area (Å²) in [5.41, 5.74) is 5.08. The number of rotatable bonds is 4. The number of likely N-dealkylation sites (tertiary alicyclic amines) is 1. The summed E-state index contributed by atoms with van der Waals surface area (Å²) in [7, 11) is 0. The number of amides is 3. The SMILES string of the molecule is CC(C)[C@@H](C(=O)NNC(=O)c1cc(Br)c[nH]1)N1CCCC1=O. The first-order valence-corrected chi connectivity index (χ1v) is 7.93. The smallest absolute Gasteiger partial charge is 0.286 e. The summed E-state index contributed by atoms with van der Waals surface area (Å²) in [6, 6.07) is 1.02. The molecular weight excluding hydrogens is 352 g/mol. The highest BCUT2D eigenvalue weighted by Gasteiger charge is 2.35. The van der Waals surface area contributed by atoms with E-state index in [0.717, 1.165) is 10.9 Å². The van der Waals surface area contributed by atoms with Crippen LogP contribution in [0.2, 0.25) is 0 Å². The van der Waals surface area contributed by atoms with Gasteiger partial charge in [0, 0.05) is 23.6 Å². The Labute approximate surface area is 136 Å². The number of carbonyl (C=O) groups is 3. The van der Waals surface area contributed by atoms with E-state index in [2.05, 4.69) is 31.8 Å². The summed E-state index contributed by atoms with van der Waals surface area (Å²) < 4.78 is 0.742. The molecule has 8 heteroatoms. The summed E-state index contributed by atoms with van der Waals surface area (Å²) >= 11 is 3.23. The normalized spacial score (nSPS) is 16.0. The number of halogens is 1. The van der Waals surface area contributed by atoms with Crippen LogP contribution in [-0.2, 0) is 9.59 Å². The number of carbonyl (C=O) groups excluding carboxylic acids is 3. The van der Waals surface area contributed by atoms with Gasteiger partial charge in [-0.25, -0.2) is 0 Å². The number of nitrogens with one attached hydrogen (secondary N) is 3. The molecule has 2 rings (SSSR count). The summed E-state index contributed by atoms with van der Waals surface area (Å²) in [5.74, 6) is -0.898. The van der Waals surface area contributed by atoms with Crippen LogP contribution < -0.4 is 10.9 Å². The van der Waals surface area contributed by atoms with Crippen molar-refractivity contribution in [3.05, 3.63) is 22.4 Å². The van der Waals surface area contributed by atoms with Gasteiger partial charge in [0.1, 0.15) is 11.7 Å². The van der Waals surface area contributed by atoms with Crippen LogP contribution in [0.25, 0.3) is 0 Å². The molecule has 0 aromatic carbocycles. The fourth-order valence-corrected chi connectivity index (χ4v) is 2.87. The van der Waals surface area contributed by atoms with Gasteiger partial charge in [0.15, 0.2) is 0 Å². The van der Waals surface area contributed by atoms with Crippen LogP contribution in [0.5, 0.6) is 0 Å². The van der Waals surface area contributed by atoms with Crippen molar-refractivity contribution < 1.29 is 14.4 Å². The number of hydrogen-bond donors (Lipinski definition) is 3. The zero-order valence-electron chi connectivity index (χ0n) is 12.5. The Morgan fingerprint density at radius 2 is 2.09 bits per heavy atom. The Bertz CT molecular complexity index is 584.